The van der Waals surface area contributed by atoms with Gasteiger partial charge in [-0.3, -0.25) is 4.79 Å². The average Bonchev–Trinajstić information content (AvgIpc) is 3.02. The number of carbonyl (C=O) groups is 2. The van der Waals surface area contributed by atoms with Crippen LogP contribution in [0.2, 0.25) is 0 Å². The van der Waals surface area contributed by atoms with Crippen LogP contribution in [0.25, 0.3) is 10.2 Å². The Bertz CT molecular complexity index is 1260. The summed E-state index contributed by atoms with van der Waals surface area (Å²) >= 11 is 0.444. The summed E-state index contributed by atoms with van der Waals surface area (Å²) in [4.78, 5) is 27.3. The van der Waals surface area contributed by atoms with E-state index >= 15 is 0 Å². The fourth-order valence-electron chi connectivity index (χ4n) is 2.93. The van der Waals surface area contributed by atoms with Crippen molar-refractivity contribution in [2.45, 2.75) is 25.6 Å². The van der Waals surface area contributed by atoms with Gasteiger partial charge >= 0.3 is 12.1 Å². The number of hydrogen-bond acceptors (Lipinski definition) is 3. The number of carbonyl (C=O) groups excluding carboxylic acids is 1. The standard InChI is InChI=1S/C19H12F6N2O3S/c1-2-12(17(29)30)27-13-4-3-11(21)14(22)15(13)31-18(27)26-16(28)8-5-9(19(23,24)25)7-10(20)6-8/h3-7,12H,2H2,1H3,(H,29,30). The first-order chi connectivity index (χ1) is 14.4. The number of alkyl halides is 3. The largest absolute Gasteiger partial charge is 0.480 e. The summed E-state index contributed by atoms with van der Waals surface area (Å²) in [5.74, 6) is -6.52. The van der Waals surface area contributed by atoms with Crippen molar-refractivity contribution in [1.29, 1.82) is 0 Å². The molecule has 31 heavy (non-hydrogen) atoms. The minimum absolute atomic E-state index is 0.0280. The van der Waals surface area contributed by atoms with Gasteiger partial charge in [0.15, 0.2) is 16.4 Å². The third-order valence-electron chi connectivity index (χ3n) is 4.34. The van der Waals surface area contributed by atoms with Gasteiger partial charge in [-0.15, -0.1) is 0 Å². The predicted octanol–water partition coefficient (Wildman–Crippen LogP) is 4.92. The molecule has 1 N–H and O–H groups in total. The minimum Gasteiger partial charge on any atom is -0.480 e. The number of carboxylic acids is 1. The van der Waals surface area contributed by atoms with E-state index in [0.717, 1.165) is 16.7 Å². The summed E-state index contributed by atoms with van der Waals surface area (Å²) < 4.78 is 80.9. The second-order valence-electron chi connectivity index (χ2n) is 6.37. The molecule has 0 aliphatic carbocycles. The Labute approximate surface area is 173 Å². The van der Waals surface area contributed by atoms with Gasteiger partial charge in [0.2, 0.25) is 0 Å². The highest BCUT2D eigenvalue weighted by atomic mass is 32.1. The highest BCUT2D eigenvalue weighted by Gasteiger charge is 2.32. The van der Waals surface area contributed by atoms with Gasteiger partial charge in [0.1, 0.15) is 11.9 Å². The molecule has 0 radical (unpaired) electrons. The van der Waals surface area contributed by atoms with Crippen LogP contribution in [-0.4, -0.2) is 21.6 Å². The Morgan fingerprint density at radius 1 is 1.16 bits per heavy atom. The van der Waals surface area contributed by atoms with Gasteiger partial charge in [-0.05, 0) is 36.8 Å². The van der Waals surface area contributed by atoms with Crippen molar-refractivity contribution in [3.05, 3.63) is 63.7 Å². The van der Waals surface area contributed by atoms with E-state index in [1.807, 2.05) is 0 Å². The van der Waals surface area contributed by atoms with Gasteiger partial charge in [-0.25, -0.2) is 18.0 Å². The van der Waals surface area contributed by atoms with E-state index in [1.165, 1.54) is 6.92 Å². The van der Waals surface area contributed by atoms with Gasteiger partial charge in [0.05, 0.1) is 15.8 Å². The topological polar surface area (TPSA) is 71.7 Å². The van der Waals surface area contributed by atoms with Crippen LogP contribution in [0.15, 0.2) is 35.3 Å². The first kappa shape index (κ1) is 22.5. The summed E-state index contributed by atoms with van der Waals surface area (Å²) in [6.45, 7) is 1.49. The number of aromatic nitrogens is 1. The third-order valence-corrected chi connectivity index (χ3v) is 5.40. The first-order valence-corrected chi connectivity index (χ1v) is 9.44. The van der Waals surface area contributed by atoms with Crippen LogP contribution in [0, 0.1) is 17.5 Å². The van der Waals surface area contributed by atoms with E-state index in [1.54, 1.807) is 0 Å². The minimum atomic E-state index is -4.92. The number of hydrogen-bond donors (Lipinski definition) is 1. The Kier molecular flexibility index (Phi) is 5.94. The molecule has 0 aliphatic heterocycles. The van der Waals surface area contributed by atoms with Gasteiger partial charge in [0.25, 0.3) is 5.91 Å². The lowest BCUT2D eigenvalue weighted by Gasteiger charge is -2.13. The molecule has 1 heterocycles. The normalized spacial score (nSPS) is 13.6. The van der Waals surface area contributed by atoms with E-state index in [-0.39, 0.29) is 22.7 Å². The van der Waals surface area contributed by atoms with Crippen LogP contribution in [0.1, 0.15) is 35.3 Å². The second-order valence-corrected chi connectivity index (χ2v) is 7.35. The van der Waals surface area contributed by atoms with Crippen LogP contribution in [-0.2, 0) is 11.0 Å². The highest BCUT2D eigenvalue weighted by Crippen LogP contribution is 2.31. The van der Waals surface area contributed by atoms with Gasteiger partial charge in [-0.2, -0.15) is 18.2 Å². The average molecular weight is 462 g/mol. The van der Waals surface area contributed by atoms with Gasteiger partial charge < -0.3 is 9.67 Å². The van der Waals surface area contributed by atoms with Crippen molar-refractivity contribution in [2.24, 2.45) is 4.99 Å². The molecular formula is C19H12F6N2O3S. The van der Waals surface area contributed by atoms with E-state index in [2.05, 4.69) is 4.99 Å². The molecule has 2 aromatic carbocycles. The molecule has 3 aromatic rings. The zero-order valence-corrected chi connectivity index (χ0v) is 16.3. The zero-order chi connectivity index (χ0) is 23.1. The Morgan fingerprint density at radius 2 is 1.84 bits per heavy atom. The number of halogens is 6. The van der Waals surface area contributed by atoms with Gasteiger partial charge in [-0.1, -0.05) is 18.3 Å². The molecule has 1 amide bonds. The van der Waals surface area contributed by atoms with E-state index < -0.39 is 57.5 Å². The maximum Gasteiger partial charge on any atom is 0.416 e. The van der Waals surface area contributed by atoms with Crippen molar-refractivity contribution < 1.29 is 41.0 Å². The molecule has 164 valence electrons. The van der Waals surface area contributed by atoms with Crippen molar-refractivity contribution in [2.75, 3.05) is 0 Å². The Balaban J connectivity index is 2.27. The van der Waals surface area contributed by atoms with Crippen LogP contribution in [0.3, 0.4) is 0 Å². The molecular weight excluding hydrogens is 450 g/mol. The number of fused-ring (bicyclic) bond motifs is 1. The molecule has 0 aliphatic rings. The molecule has 1 unspecified atom stereocenters. The molecule has 12 heteroatoms. The number of thiazole rings is 1. The van der Waals surface area contributed by atoms with E-state index in [4.69, 9.17) is 0 Å². The number of carboxylic acid groups (broad SMARTS) is 1. The summed E-state index contributed by atoms with van der Waals surface area (Å²) in [5, 5.41) is 9.48. The smallest absolute Gasteiger partial charge is 0.416 e. The summed E-state index contributed by atoms with van der Waals surface area (Å²) in [6, 6.07) is 1.66. The molecule has 0 bridgehead atoms. The second kappa shape index (κ2) is 8.17. The monoisotopic (exact) mass is 462 g/mol. The molecule has 1 atom stereocenters. The Morgan fingerprint density at radius 3 is 2.42 bits per heavy atom. The highest BCUT2D eigenvalue weighted by molar-refractivity contribution is 7.16. The van der Waals surface area contributed by atoms with Crippen molar-refractivity contribution >= 4 is 33.4 Å². The number of aliphatic carboxylic acids is 1. The SMILES string of the molecule is CCC(C(=O)O)n1c(=NC(=O)c2cc(F)cc(C(F)(F)F)c2)sc2c(F)c(F)ccc21. The summed E-state index contributed by atoms with van der Waals surface area (Å²) in [6.07, 6.45) is -4.95. The number of nitrogens with zero attached hydrogens (tertiary/aromatic N) is 2. The van der Waals surface area contributed by atoms with Crippen LogP contribution in [0.5, 0.6) is 0 Å². The van der Waals surface area contributed by atoms with Crippen molar-refractivity contribution in [3.8, 4) is 0 Å². The number of benzene rings is 2. The number of rotatable bonds is 4. The first-order valence-electron chi connectivity index (χ1n) is 8.62. The zero-order valence-electron chi connectivity index (χ0n) is 15.5. The third kappa shape index (κ3) is 4.33. The fourth-order valence-corrected chi connectivity index (χ4v) is 4.02. The molecule has 0 spiro atoms. The van der Waals surface area contributed by atoms with E-state index in [9.17, 15) is 41.0 Å². The quantitative estimate of drug-likeness (QED) is 0.560. The molecule has 0 saturated carbocycles. The Hall–Kier alpha value is -3.15. The molecule has 0 fully saturated rings. The molecule has 1 aromatic heterocycles. The maximum absolute atomic E-state index is 14.2. The van der Waals surface area contributed by atoms with E-state index in [0.29, 0.717) is 23.5 Å². The lowest BCUT2D eigenvalue weighted by atomic mass is 10.1. The van der Waals surface area contributed by atoms with Crippen LogP contribution < -0.4 is 4.80 Å². The number of amides is 1. The van der Waals surface area contributed by atoms with Crippen molar-refractivity contribution in [1.82, 2.24) is 4.57 Å². The summed E-state index contributed by atoms with van der Waals surface area (Å²) in [5.41, 5.74) is -2.23. The fraction of sp³-hybridized carbons (Fsp3) is 0.211. The summed E-state index contributed by atoms with van der Waals surface area (Å²) in [7, 11) is 0. The van der Waals surface area contributed by atoms with Crippen LogP contribution >= 0.6 is 11.3 Å². The lowest BCUT2D eigenvalue weighted by molar-refractivity contribution is -0.141. The van der Waals surface area contributed by atoms with Crippen molar-refractivity contribution in [3.63, 3.8) is 0 Å². The van der Waals surface area contributed by atoms with Gasteiger partial charge in [0, 0.05) is 5.56 Å². The molecule has 3 rings (SSSR count). The predicted molar refractivity (Wildman–Crippen MR) is 98.0 cm³/mol. The lowest BCUT2D eigenvalue weighted by Crippen LogP contribution is -2.27. The molecule has 0 saturated heterocycles. The maximum atomic E-state index is 14.2. The molecule has 5 nitrogen and oxygen atoms in total. The van der Waals surface area contributed by atoms with Crippen LogP contribution in [0.4, 0.5) is 26.3 Å².